The van der Waals surface area contributed by atoms with Crippen LogP contribution in [-0.4, -0.2) is 99.2 Å². The molecule has 1 heterocycles. The fraction of sp³-hybridized carbons (Fsp3) is 0.889. The summed E-state index contributed by atoms with van der Waals surface area (Å²) in [4.78, 5) is 22.9. The van der Waals surface area contributed by atoms with Crippen LogP contribution < -0.4 is 5.32 Å². The number of amides is 1. The van der Waals surface area contributed by atoms with Gasteiger partial charge in [0.05, 0.1) is 6.61 Å². The van der Waals surface area contributed by atoms with Crippen molar-refractivity contribution in [3.05, 3.63) is 0 Å². The van der Waals surface area contributed by atoms with E-state index in [2.05, 4.69) is 40.9 Å². The molecule has 1 aliphatic heterocycles. The van der Waals surface area contributed by atoms with Crippen molar-refractivity contribution in [2.45, 2.75) is 45.7 Å². The van der Waals surface area contributed by atoms with Gasteiger partial charge in [0.2, 0.25) is 5.91 Å². The molecule has 1 saturated heterocycles. The predicted molar refractivity (Wildman–Crippen MR) is 118 cm³/mol. The first-order chi connectivity index (χ1) is 11.9. The maximum Gasteiger partial charge on any atom is 0.243 e. The van der Waals surface area contributed by atoms with Crippen molar-refractivity contribution in [1.29, 1.82) is 0 Å². The fourth-order valence-electron chi connectivity index (χ4n) is 3.10. The number of unbranched alkanes of at least 4 members (excludes halogenated alkanes) is 1. The summed E-state index contributed by atoms with van der Waals surface area (Å²) in [7, 11) is 5.28. The molecular weight excluding hydrogens is 445 g/mol. The van der Waals surface area contributed by atoms with E-state index in [4.69, 9.17) is 4.74 Å². The van der Waals surface area contributed by atoms with E-state index in [-0.39, 0.29) is 36.4 Å². The van der Waals surface area contributed by atoms with Gasteiger partial charge >= 0.3 is 0 Å². The third-order valence-electron chi connectivity index (χ3n) is 4.63. The summed E-state index contributed by atoms with van der Waals surface area (Å²) < 4.78 is 5.23. The van der Waals surface area contributed by atoms with Crippen molar-refractivity contribution in [3.8, 4) is 0 Å². The Balaban J connectivity index is 0.00000625. The van der Waals surface area contributed by atoms with Crippen LogP contribution in [0.15, 0.2) is 4.99 Å². The van der Waals surface area contributed by atoms with Crippen LogP contribution >= 0.6 is 24.0 Å². The molecule has 8 heteroatoms. The number of hydrogen-bond donors (Lipinski definition) is 1. The molecule has 0 aromatic rings. The van der Waals surface area contributed by atoms with Crippen LogP contribution in [0.3, 0.4) is 0 Å². The van der Waals surface area contributed by atoms with E-state index in [0.717, 1.165) is 51.6 Å². The van der Waals surface area contributed by atoms with Gasteiger partial charge in [-0.2, -0.15) is 0 Å². The molecule has 0 aromatic carbocycles. The van der Waals surface area contributed by atoms with Crippen LogP contribution in [0.4, 0.5) is 0 Å². The minimum atomic E-state index is 0. The van der Waals surface area contributed by atoms with E-state index in [1.165, 1.54) is 0 Å². The summed E-state index contributed by atoms with van der Waals surface area (Å²) in [6, 6.07) is 0.836. The van der Waals surface area contributed by atoms with E-state index in [9.17, 15) is 4.79 Å². The van der Waals surface area contributed by atoms with E-state index >= 15 is 0 Å². The van der Waals surface area contributed by atoms with Crippen molar-refractivity contribution in [2.24, 2.45) is 4.99 Å². The number of carbonyl (C=O) groups excluding carboxylic acids is 1. The van der Waals surface area contributed by atoms with Gasteiger partial charge in [-0.15, -0.1) is 24.0 Å². The number of aliphatic imine (C=N–C) groups is 1. The largest absolute Gasteiger partial charge is 0.383 e. The molecule has 0 aliphatic carbocycles. The lowest BCUT2D eigenvalue weighted by atomic mass is 10.1. The Bertz CT molecular complexity index is 422. The number of nitrogens with zero attached hydrogens (tertiary/aromatic N) is 4. The monoisotopic (exact) mass is 483 g/mol. The number of carbonyl (C=O) groups is 1. The molecule has 2 unspecified atom stereocenters. The zero-order valence-corrected chi connectivity index (χ0v) is 19.7. The van der Waals surface area contributed by atoms with Gasteiger partial charge in [0.15, 0.2) is 5.96 Å². The van der Waals surface area contributed by atoms with Crippen LogP contribution in [0.2, 0.25) is 0 Å². The maximum absolute atomic E-state index is 11.9. The molecular formula is C18H38IN5O2. The maximum atomic E-state index is 11.9. The highest BCUT2D eigenvalue weighted by Crippen LogP contribution is 2.15. The summed E-state index contributed by atoms with van der Waals surface area (Å²) in [5.41, 5.74) is 0. The lowest BCUT2D eigenvalue weighted by molar-refractivity contribution is -0.127. The van der Waals surface area contributed by atoms with Crippen molar-refractivity contribution < 1.29 is 9.53 Å². The molecule has 7 nitrogen and oxygen atoms in total. The van der Waals surface area contributed by atoms with Gasteiger partial charge in [-0.1, -0.05) is 13.3 Å². The summed E-state index contributed by atoms with van der Waals surface area (Å²) >= 11 is 0. The molecule has 1 aliphatic rings. The van der Waals surface area contributed by atoms with Gasteiger partial charge in [0.1, 0.15) is 6.54 Å². The molecule has 1 amide bonds. The Labute approximate surface area is 176 Å². The molecule has 2 atom stereocenters. The number of piperazine rings is 1. The minimum absolute atomic E-state index is 0. The number of ether oxygens (including phenoxy) is 1. The molecule has 1 fully saturated rings. The van der Waals surface area contributed by atoms with Crippen molar-refractivity contribution in [1.82, 2.24) is 20.0 Å². The lowest BCUT2D eigenvalue weighted by Gasteiger charge is -2.45. The lowest BCUT2D eigenvalue weighted by Crippen LogP contribution is -2.60. The summed E-state index contributed by atoms with van der Waals surface area (Å²) in [6.45, 7) is 11.2. The number of rotatable bonds is 8. The molecule has 0 spiro atoms. The molecule has 0 bridgehead atoms. The first kappa shape index (κ1) is 25.4. The second-order valence-electron chi connectivity index (χ2n) is 7.04. The van der Waals surface area contributed by atoms with E-state index in [0.29, 0.717) is 12.1 Å². The highest BCUT2D eigenvalue weighted by Gasteiger charge is 2.30. The number of hydrogen-bond acceptors (Lipinski definition) is 4. The molecule has 0 aromatic heterocycles. The van der Waals surface area contributed by atoms with Crippen LogP contribution in [0.5, 0.6) is 0 Å². The van der Waals surface area contributed by atoms with Crippen LogP contribution in [0.1, 0.15) is 33.6 Å². The van der Waals surface area contributed by atoms with Crippen molar-refractivity contribution in [2.75, 3.05) is 60.5 Å². The Hall–Kier alpha value is -0.610. The average molecular weight is 483 g/mol. The summed E-state index contributed by atoms with van der Waals surface area (Å²) in [5.74, 6) is 0.878. The van der Waals surface area contributed by atoms with Crippen LogP contribution in [0, 0.1) is 0 Å². The SMILES string of the molecule is CCCCNC(=NCC(=O)N(C)C)N1CC(C)N(CCOC)C(C)C1.I. The number of halogens is 1. The zero-order valence-electron chi connectivity index (χ0n) is 17.3. The van der Waals surface area contributed by atoms with Gasteiger partial charge in [0, 0.05) is 59.5 Å². The Kier molecular flexibility index (Phi) is 13.2. The average Bonchev–Trinajstić information content (AvgIpc) is 2.56. The summed E-state index contributed by atoms with van der Waals surface area (Å²) in [5, 5.41) is 3.45. The van der Waals surface area contributed by atoms with E-state index in [1.54, 1.807) is 26.1 Å². The highest BCUT2D eigenvalue weighted by molar-refractivity contribution is 14.0. The second-order valence-corrected chi connectivity index (χ2v) is 7.04. The first-order valence-electron chi connectivity index (χ1n) is 9.38. The molecule has 1 rings (SSSR count). The third kappa shape index (κ3) is 8.39. The van der Waals surface area contributed by atoms with Crippen molar-refractivity contribution >= 4 is 35.8 Å². The molecule has 1 N–H and O–H groups in total. The normalized spacial score (nSPS) is 21.3. The van der Waals surface area contributed by atoms with Gasteiger partial charge in [-0.3, -0.25) is 9.69 Å². The number of guanidine groups is 1. The highest BCUT2D eigenvalue weighted by atomic mass is 127. The van der Waals surface area contributed by atoms with Crippen molar-refractivity contribution in [3.63, 3.8) is 0 Å². The molecule has 0 radical (unpaired) electrons. The Morgan fingerprint density at radius 3 is 2.38 bits per heavy atom. The van der Waals surface area contributed by atoms with Gasteiger partial charge < -0.3 is 19.9 Å². The zero-order chi connectivity index (χ0) is 18.8. The topological polar surface area (TPSA) is 60.4 Å². The van der Waals surface area contributed by atoms with Gasteiger partial charge in [-0.05, 0) is 20.3 Å². The number of nitrogens with one attached hydrogen (secondary N) is 1. The minimum Gasteiger partial charge on any atom is -0.383 e. The quantitative estimate of drug-likeness (QED) is 0.245. The first-order valence-corrected chi connectivity index (χ1v) is 9.38. The standard InChI is InChI=1S/C18H37N5O2.HI/c1-7-8-9-19-18(20-12-17(24)21(4)5)22-13-15(2)23(10-11-25-6)16(3)14-22;/h15-16H,7-14H2,1-6H3,(H,19,20);1H. The number of methoxy groups -OCH3 is 1. The van der Waals surface area contributed by atoms with E-state index < -0.39 is 0 Å². The third-order valence-corrected chi connectivity index (χ3v) is 4.63. The smallest absolute Gasteiger partial charge is 0.243 e. The van der Waals surface area contributed by atoms with Gasteiger partial charge in [0.25, 0.3) is 0 Å². The van der Waals surface area contributed by atoms with Gasteiger partial charge in [-0.25, -0.2) is 4.99 Å². The summed E-state index contributed by atoms with van der Waals surface area (Å²) in [6.07, 6.45) is 2.23. The fourth-order valence-corrected chi connectivity index (χ4v) is 3.10. The van der Waals surface area contributed by atoms with E-state index in [1.807, 2.05) is 0 Å². The van der Waals surface area contributed by atoms with Crippen LogP contribution in [-0.2, 0) is 9.53 Å². The molecule has 0 saturated carbocycles. The Morgan fingerprint density at radius 2 is 1.88 bits per heavy atom. The Morgan fingerprint density at radius 1 is 1.27 bits per heavy atom. The predicted octanol–water partition coefficient (Wildman–Crippen LogP) is 1.48. The number of likely N-dealkylation sites (N-methyl/N-ethyl adjacent to an activating group) is 1. The molecule has 154 valence electrons. The second kappa shape index (κ2) is 13.5. The van der Waals surface area contributed by atoms with Crippen LogP contribution in [0.25, 0.3) is 0 Å². The molecule has 26 heavy (non-hydrogen) atoms.